The van der Waals surface area contributed by atoms with Crippen LogP contribution in [-0.2, 0) is 4.74 Å². The van der Waals surface area contributed by atoms with Crippen LogP contribution in [0.1, 0.15) is 31.1 Å². The second-order valence-electron chi connectivity index (χ2n) is 3.91. The van der Waals surface area contributed by atoms with E-state index in [1.807, 2.05) is 20.8 Å². The van der Waals surface area contributed by atoms with E-state index >= 15 is 0 Å². The number of carbonyl (C=O) groups excluding carboxylic acids is 1. The predicted octanol–water partition coefficient (Wildman–Crippen LogP) is 3.10. The van der Waals surface area contributed by atoms with Gasteiger partial charge in [-0.3, -0.25) is 0 Å². The van der Waals surface area contributed by atoms with Crippen LogP contribution >= 0.6 is 11.6 Å². The van der Waals surface area contributed by atoms with Crippen LogP contribution in [0.15, 0.2) is 18.2 Å². The summed E-state index contributed by atoms with van der Waals surface area (Å²) in [5, 5.41) is 0.363. The first-order chi connectivity index (χ1) is 6.40. The molecule has 0 amide bonds. The first-order valence-corrected chi connectivity index (χ1v) is 4.67. The Labute approximate surface area is 88.8 Å². The standard InChI is InChI=1S/C11H12ClO2/c1-11(2,3)14-10(13)8-6-4-5-7-9(8)12/h4,6-7H,1-3H3. The Kier molecular flexibility index (Phi) is 3.17. The molecule has 2 nitrogen and oxygen atoms in total. The summed E-state index contributed by atoms with van der Waals surface area (Å²) >= 11 is 5.82. The van der Waals surface area contributed by atoms with Crippen LogP contribution in [0, 0.1) is 6.07 Å². The van der Waals surface area contributed by atoms with Gasteiger partial charge >= 0.3 is 5.97 Å². The lowest BCUT2D eigenvalue weighted by Gasteiger charge is -2.19. The molecule has 0 saturated heterocycles. The molecule has 0 fully saturated rings. The van der Waals surface area contributed by atoms with E-state index in [9.17, 15) is 4.79 Å². The number of hydrogen-bond donors (Lipinski definition) is 0. The molecule has 0 aromatic heterocycles. The highest BCUT2D eigenvalue weighted by atomic mass is 35.5. The van der Waals surface area contributed by atoms with E-state index in [4.69, 9.17) is 16.3 Å². The van der Waals surface area contributed by atoms with E-state index in [1.165, 1.54) is 0 Å². The number of hydrogen-bond acceptors (Lipinski definition) is 2. The number of rotatable bonds is 1. The van der Waals surface area contributed by atoms with Gasteiger partial charge in [0.1, 0.15) is 5.60 Å². The molecule has 1 aromatic rings. The Balaban J connectivity index is 2.86. The molecule has 1 aromatic carbocycles. The Hall–Kier alpha value is -1.02. The lowest BCUT2D eigenvalue weighted by molar-refractivity contribution is 0.00698. The predicted molar refractivity (Wildman–Crippen MR) is 55.5 cm³/mol. The molecule has 0 heterocycles. The fourth-order valence-corrected chi connectivity index (χ4v) is 1.11. The van der Waals surface area contributed by atoms with Crippen molar-refractivity contribution in [1.29, 1.82) is 0 Å². The summed E-state index contributed by atoms with van der Waals surface area (Å²) in [5.41, 5.74) is -0.125. The highest BCUT2D eigenvalue weighted by Gasteiger charge is 2.19. The summed E-state index contributed by atoms with van der Waals surface area (Å²) in [4.78, 5) is 11.6. The minimum absolute atomic E-state index is 0.363. The quantitative estimate of drug-likeness (QED) is 0.668. The largest absolute Gasteiger partial charge is 0.456 e. The van der Waals surface area contributed by atoms with Gasteiger partial charge in [-0.1, -0.05) is 17.7 Å². The van der Waals surface area contributed by atoms with Crippen molar-refractivity contribution in [1.82, 2.24) is 0 Å². The third-order valence-corrected chi connectivity index (χ3v) is 1.75. The molecule has 0 aliphatic carbocycles. The van der Waals surface area contributed by atoms with Crippen molar-refractivity contribution in [2.24, 2.45) is 0 Å². The molecule has 75 valence electrons. The fraction of sp³-hybridized carbons (Fsp3) is 0.364. The molecule has 0 spiro atoms. The third-order valence-electron chi connectivity index (χ3n) is 1.43. The van der Waals surface area contributed by atoms with Gasteiger partial charge in [-0.2, -0.15) is 0 Å². The maximum atomic E-state index is 11.6. The summed E-state index contributed by atoms with van der Waals surface area (Å²) in [6.07, 6.45) is 0. The van der Waals surface area contributed by atoms with Crippen LogP contribution in [0.4, 0.5) is 0 Å². The third kappa shape index (κ3) is 3.04. The van der Waals surface area contributed by atoms with Gasteiger partial charge in [0.05, 0.1) is 10.6 Å². The van der Waals surface area contributed by atoms with Crippen molar-refractivity contribution in [3.63, 3.8) is 0 Å². The summed E-state index contributed by atoms with van der Waals surface area (Å²) in [5.74, 6) is -0.406. The Morgan fingerprint density at radius 1 is 1.50 bits per heavy atom. The van der Waals surface area contributed by atoms with Crippen LogP contribution < -0.4 is 0 Å². The molecule has 1 radical (unpaired) electrons. The van der Waals surface area contributed by atoms with Gasteiger partial charge in [0.15, 0.2) is 0 Å². The highest BCUT2D eigenvalue weighted by Crippen LogP contribution is 2.18. The maximum Gasteiger partial charge on any atom is 0.340 e. The topological polar surface area (TPSA) is 26.3 Å². The van der Waals surface area contributed by atoms with Gasteiger partial charge in [0, 0.05) is 0 Å². The summed E-state index contributed by atoms with van der Waals surface area (Å²) in [6, 6.07) is 7.55. The second-order valence-corrected chi connectivity index (χ2v) is 4.32. The average molecular weight is 212 g/mol. The van der Waals surface area contributed by atoms with E-state index in [2.05, 4.69) is 6.07 Å². The normalized spacial score (nSPS) is 11.1. The van der Waals surface area contributed by atoms with Crippen LogP contribution in [0.25, 0.3) is 0 Å². The minimum atomic E-state index is -0.500. The van der Waals surface area contributed by atoms with Crippen molar-refractivity contribution in [2.45, 2.75) is 26.4 Å². The monoisotopic (exact) mass is 211 g/mol. The van der Waals surface area contributed by atoms with Crippen LogP contribution in [0.3, 0.4) is 0 Å². The lowest BCUT2D eigenvalue weighted by atomic mass is 10.1. The van der Waals surface area contributed by atoms with E-state index in [1.54, 1.807) is 18.2 Å². The minimum Gasteiger partial charge on any atom is -0.456 e. The summed E-state index contributed by atoms with van der Waals surface area (Å²) in [6.45, 7) is 5.44. The molecule has 0 bridgehead atoms. The second kappa shape index (κ2) is 4.01. The molecular formula is C11H12ClO2. The van der Waals surface area contributed by atoms with Gasteiger partial charge in [0.2, 0.25) is 0 Å². The molecule has 0 aliphatic rings. The van der Waals surface area contributed by atoms with Crippen LogP contribution in [0.5, 0.6) is 0 Å². The molecule has 0 aliphatic heterocycles. The highest BCUT2D eigenvalue weighted by molar-refractivity contribution is 6.33. The van der Waals surface area contributed by atoms with Crippen molar-refractivity contribution >= 4 is 17.6 Å². The zero-order chi connectivity index (χ0) is 10.8. The lowest BCUT2D eigenvalue weighted by Crippen LogP contribution is -2.24. The van der Waals surface area contributed by atoms with Crippen molar-refractivity contribution < 1.29 is 9.53 Å². The average Bonchev–Trinajstić information content (AvgIpc) is 2.01. The van der Waals surface area contributed by atoms with Gasteiger partial charge in [-0.15, -0.1) is 0 Å². The first kappa shape index (κ1) is 11.1. The molecule has 0 N–H and O–H groups in total. The van der Waals surface area contributed by atoms with Crippen LogP contribution in [0.2, 0.25) is 5.02 Å². The number of ether oxygens (including phenoxy) is 1. The summed E-state index contributed by atoms with van der Waals surface area (Å²) < 4.78 is 5.17. The van der Waals surface area contributed by atoms with E-state index in [-0.39, 0.29) is 0 Å². The molecule has 3 heteroatoms. The molecule has 14 heavy (non-hydrogen) atoms. The SMILES string of the molecule is CC(C)(C)OC(=O)c1cc[c]cc1Cl. The maximum absolute atomic E-state index is 11.6. The van der Waals surface area contributed by atoms with Crippen molar-refractivity contribution in [3.05, 3.63) is 34.9 Å². The number of benzene rings is 1. The van der Waals surface area contributed by atoms with Crippen molar-refractivity contribution in [2.75, 3.05) is 0 Å². The zero-order valence-corrected chi connectivity index (χ0v) is 9.18. The molecule has 1 rings (SSSR count). The number of halogens is 1. The smallest absolute Gasteiger partial charge is 0.340 e. The van der Waals surface area contributed by atoms with E-state index in [0.29, 0.717) is 10.6 Å². The molecule has 0 atom stereocenters. The zero-order valence-electron chi connectivity index (χ0n) is 8.43. The summed E-state index contributed by atoms with van der Waals surface area (Å²) in [7, 11) is 0. The van der Waals surface area contributed by atoms with Gasteiger partial charge < -0.3 is 4.74 Å². The number of esters is 1. The Morgan fingerprint density at radius 2 is 2.14 bits per heavy atom. The van der Waals surface area contributed by atoms with E-state index < -0.39 is 11.6 Å². The Morgan fingerprint density at radius 3 is 2.64 bits per heavy atom. The molecule has 0 saturated carbocycles. The molecular weight excluding hydrogens is 200 g/mol. The fourth-order valence-electron chi connectivity index (χ4n) is 0.909. The number of carbonyl (C=O) groups is 1. The van der Waals surface area contributed by atoms with Crippen LogP contribution in [-0.4, -0.2) is 11.6 Å². The first-order valence-electron chi connectivity index (χ1n) is 4.29. The Bertz CT molecular complexity index is 339. The van der Waals surface area contributed by atoms with Gasteiger partial charge in [-0.25, -0.2) is 4.79 Å². The van der Waals surface area contributed by atoms with Gasteiger partial charge in [0.25, 0.3) is 0 Å². The van der Waals surface area contributed by atoms with Crippen molar-refractivity contribution in [3.8, 4) is 0 Å². The van der Waals surface area contributed by atoms with Gasteiger partial charge in [-0.05, 0) is 39.0 Å². The molecule has 0 unspecified atom stereocenters. The van der Waals surface area contributed by atoms with E-state index in [0.717, 1.165) is 0 Å².